The summed E-state index contributed by atoms with van der Waals surface area (Å²) in [6, 6.07) is 3.11. The standard InChI is InChI=1S/C6H7N3.CH6N4O/c7-9-5-6-2-1-3-8-4-6;2-4-1(6)5-3/h1-5H,7H2;2-3H2,(H2,4,5,6). The molecule has 0 aliphatic rings. The molecule has 0 spiro atoms. The van der Waals surface area contributed by atoms with Gasteiger partial charge in [0, 0.05) is 18.0 Å². The lowest BCUT2D eigenvalue weighted by atomic mass is 10.3. The van der Waals surface area contributed by atoms with Crippen molar-refractivity contribution in [3.63, 3.8) is 0 Å². The van der Waals surface area contributed by atoms with E-state index in [9.17, 15) is 4.79 Å². The molecule has 0 bridgehead atoms. The van der Waals surface area contributed by atoms with Crippen LogP contribution in [0, 0.1) is 0 Å². The molecule has 0 aliphatic carbocycles. The predicted octanol–water partition coefficient (Wildman–Crippen LogP) is -1.59. The SMILES string of the molecule is NN=Cc1cccnc1.NNC(=O)NN. The molecule has 2 amide bonds. The van der Waals surface area contributed by atoms with E-state index < -0.39 is 6.03 Å². The van der Waals surface area contributed by atoms with Gasteiger partial charge in [-0.05, 0) is 6.07 Å². The smallest absolute Gasteiger partial charge is 0.323 e. The molecule has 8 N–H and O–H groups in total. The fraction of sp³-hybridized carbons (Fsp3) is 0. The molecule has 0 atom stereocenters. The number of hydrazine groups is 2. The lowest BCUT2D eigenvalue weighted by molar-refractivity contribution is 0.241. The summed E-state index contributed by atoms with van der Waals surface area (Å²) in [6.45, 7) is 0. The first-order valence-electron chi connectivity index (χ1n) is 3.85. The second kappa shape index (κ2) is 8.41. The first-order valence-corrected chi connectivity index (χ1v) is 3.85. The van der Waals surface area contributed by atoms with Crippen molar-refractivity contribution in [2.75, 3.05) is 0 Å². The summed E-state index contributed by atoms with van der Waals surface area (Å²) >= 11 is 0. The number of urea groups is 1. The Hall–Kier alpha value is -2.19. The van der Waals surface area contributed by atoms with Crippen molar-refractivity contribution in [3.8, 4) is 0 Å². The normalized spacial score (nSPS) is 8.93. The summed E-state index contributed by atoms with van der Waals surface area (Å²) in [7, 11) is 0. The second-order valence-corrected chi connectivity index (χ2v) is 2.18. The van der Waals surface area contributed by atoms with Crippen molar-refractivity contribution in [1.29, 1.82) is 0 Å². The van der Waals surface area contributed by atoms with E-state index in [0.717, 1.165) is 5.56 Å². The van der Waals surface area contributed by atoms with Gasteiger partial charge < -0.3 is 5.84 Å². The maximum atomic E-state index is 9.71. The first-order chi connectivity index (χ1) is 7.24. The van der Waals surface area contributed by atoms with E-state index in [-0.39, 0.29) is 0 Å². The van der Waals surface area contributed by atoms with Crippen molar-refractivity contribution in [2.45, 2.75) is 0 Å². The van der Waals surface area contributed by atoms with E-state index in [0.29, 0.717) is 0 Å². The molecule has 0 saturated heterocycles. The molecule has 0 unspecified atom stereocenters. The van der Waals surface area contributed by atoms with E-state index in [1.54, 1.807) is 29.5 Å². The van der Waals surface area contributed by atoms with Crippen LogP contribution in [0.25, 0.3) is 0 Å². The van der Waals surface area contributed by atoms with Gasteiger partial charge in [-0.25, -0.2) is 16.5 Å². The number of nitrogens with zero attached hydrogens (tertiary/aromatic N) is 2. The molecule has 0 radical (unpaired) electrons. The number of hydrogen-bond acceptors (Lipinski definition) is 6. The van der Waals surface area contributed by atoms with Gasteiger partial charge in [0.15, 0.2) is 0 Å². The van der Waals surface area contributed by atoms with Gasteiger partial charge >= 0.3 is 6.03 Å². The largest absolute Gasteiger partial charge is 0.343 e. The average molecular weight is 211 g/mol. The number of carbonyl (C=O) groups is 1. The number of rotatable bonds is 1. The van der Waals surface area contributed by atoms with Crippen LogP contribution in [-0.4, -0.2) is 17.2 Å². The molecule has 1 aromatic rings. The number of hydrazone groups is 1. The Bertz CT molecular complexity index is 293. The van der Waals surface area contributed by atoms with Crippen molar-refractivity contribution in [3.05, 3.63) is 30.1 Å². The van der Waals surface area contributed by atoms with E-state index in [4.69, 9.17) is 5.84 Å². The molecule has 0 aromatic carbocycles. The zero-order valence-corrected chi connectivity index (χ0v) is 7.92. The number of hydrogen-bond donors (Lipinski definition) is 5. The molecule has 8 nitrogen and oxygen atoms in total. The molecular weight excluding hydrogens is 198 g/mol. The van der Waals surface area contributed by atoms with Crippen molar-refractivity contribution in [1.82, 2.24) is 15.8 Å². The van der Waals surface area contributed by atoms with Crippen LogP contribution in [0.5, 0.6) is 0 Å². The van der Waals surface area contributed by atoms with Crippen LogP contribution in [0.15, 0.2) is 29.6 Å². The fourth-order valence-corrected chi connectivity index (χ4v) is 0.580. The maximum absolute atomic E-state index is 9.71. The average Bonchev–Trinajstić information content (AvgIpc) is 2.31. The number of aromatic nitrogens is 1. The summed E-state index contributed by atoms with van der Waals surface area (Å²) in [5, 5.41) is 3.34. The number of nitrogens with one attached hydrogen (secondary N) is 2. The van der Waals surface area contributed by atoms with Crippen LogP contribution >= 0.6 is 0 Å². The van der Waals surface area contributed by atoms with E-state index >= 15 is 0 Å². The highest BCUT2D eigenvalue weighted by Crippen LogP contribution is 1.88. The monoisotopic (exact) mass is 211 g/mol. The lowest BCUT2D eigenvalue weighted by Gasteiger charge is -1.90. The Labute approximate surface area is 86.5 Å². The van der Waals surface area contributed by atoms with Gasteiger partial charge in [0.05, 0.1) is 6.21 Å². The third kappa shape index (κ3) is 6.93. The Morgan fingerprint density at radius 3 is 2.47 bits per heavy atom. The quantitative estimate of drug-likeness (QED) is 0.164. The highest BCUT2D eigenvalue weighted by molar-refractivity contribution is 5.78. The van der Waals surface area contributed by atoms with E-state index in [2.05, 4.69) is 21.8 Å². The van der Waals surface area contributed by atoms with Gasteiger partial charge in [-0.1, -0.05) is 6.07 Å². The Morgan fingerprint density at radius 1 is 1.47 bits per heavy atom. The number of carbonyl (C=O) groups excluding carboxylic acids is 1. The van der Waals surface area contributed by atoms with Crippen LogP contribution in [0.4, 0.5) is 4.79 Å². The van der Waals surface area contributed by atoms with Crippen LogP contribution in [0.2, 0.25) is 0 Å². The van der Waals surface area contributed by atoms with Gasteiger partial charge in [-0.15, -0.1) is 0 Å². The zero-order chi connectivity index (χ0) is 11.5. The van der Waals surface area contributed by atoms with E-state index in [1.165, 1.54) is 0 Å². The Morgan fingerprint density at radius 2 is 2.13 bits per heavy atom. The molecule has 82 valence electrons. The van der Waals surface area contributed by atoms with Crippen LogP contribution in [-0.2, 0) is 0 Å². The molecule has 1 rings (SSSR count). The molecular formula is C7H13N7O. The molecule has 0 fully saturated rings. The van der Waals surface area contributed by atoms with E-state index in [1.807, 2.05) is 12.1 Å². The number of amides is 2. The molecule has 1 heterocycles. The zero-order valence-electron chi connectivity index (χ0n) is 7.92. The summed E-state index contributed by atoms with van der Waals surface area (Å²) in [5.41, 5.74) is 4.40. The third-order valence-electron chi connectivity index (χ3n) is 1.17. The predicted molar refractivity (Wildman–Crippen MR) is 56.1 cm³/mol. The maximum Gasteiger partial charge on any atom is 0.343 e. The summed E-state index contributed by atoms with van der Waals surface area (Å²) < 4.78 is 0. The van der Waals surface area contributed by atoms with Crippen LogP contribution in [0.1, 0.15) is 5.56 Å². The summed E-state index contributed by atoms with van der Waals surface area (Å²) in [6.07, 6.45) is 4.94. The van der Waals surface area contributed by atoms with Gasteiger partial charge in [-0.2, -0.15) is 5.10 Å². The van der Waals surface area contributed by atoms with Crippen molar-refractivity contribution in [2.24, 2.45) is 22.6 Å². The van der Waals surface area contributed by atoms with Crippen LogP contribution in [0.3, 0.4) is 0 Å². The summed E-state index contributed by atoms with van der Waals surface area (Å²) in [4.78, 5) is 13.6. The lowest BCUT2D eigenvalue weighted by Crippen LogP contribution is -2.43. The third-order valence-corrected chi connectivity index (χ3v) is 1.17. The fourth-order valence-electron chi connectivity index (χ4n) is 0.580. The second-order valence-electron chi connectivity index (χ2n) is 2.18. The summed E-state index contributed by atoms with van der Waals surface area (Å²) in [5.74, 6) is 14.0. The van der Waals surface area contributed by atoms with Gasteiger partial charge in [0.1, 0.15) is 0 Å². The molecule has 0 aliphatic heterocycles. The minimum Gasteiger partial charge on any atom is -0.323 e. The Balaban J connectivity index is 0.000000288. The minimum atomic E-state index is -0.602. The molecule has 0 saturated carbocycles. The van der Waals surface area contributed by atoms with Gasteiger partial charge in [0.2, 0.25) is 0 Å². The topological polar surface area (TPSA) is 144 Å². The van der Waals surface area contributed by atoms with Crippen LogP contribution < -0.4 is 28.4 Å². The van der Waals surface area contributed by atoms with Gasteiger partial charge in [-0.3, -0.25) is 15.8 Å². The molecule has 8 heteroatoms. The minimum absolute atomic E-state index is 0.602. The molecule has 15 heavy (non-hydrogen) atoms. The Kier molecular flexibility index (Phi) is 7.18. The first kappa shape index (κ1) is 12.8. The van der Waals surface area contributed by atoms with Crippen molar-refractivity contribution >= 4 is 12.2 Å². The van der Waals surface area contributed by atoms with Crippen molar-refractivity contribution < 1.29 is 4.79 Å². The highest BCUT2D eigenvalue weighted by atomic mass is 16.2. The number of nitrogens with two attached hydrogens (primary N) is 3. The highest BCUT2D eigenvalue weighted by Gasteiger charge is 1.83. The molecule has 1 aromatic heterocycles. The number of pyridine rings is 1. The van der Waals surface area contributed by atoms with Gasteiger partial charge in [0.25, 0.3) is 0 Å².